The van der Waals surface area contributed by atoms with Gasteiger partial charge >= 0.3 is 17.9 Å². The van der Waals surface area contributed by atoms with Crippen molar-refractivity contribution in [3.8, 4) is 5.75 Å². The molecule has 0 aliphatic carbocycles. The molecule has 0 aromatic heterocycles. The molecular formula is C20H28O8. The van der Waals surface area contributed by atoms with Crippen LogP contribution in [0.2, 0.25) is 0 Å². The standard InChI is InChI=1S/C20H28O8/c1-19(2,3)16(22)28-11-15(13-7-9-14(25-4)10-8-13)20(12-21,17(23)26-5)18(24)27-6/h7-10,15,21H,11-12H2,1-6H3. The predicted octanol–water partition coefficient (Wildman–Crippen LogP) is 1.69. The fourth-order valence-electron chi connectivity index (χ4n) is 2.71. The number of benzene rings is 1. The van der Waals surface area contributed by atoms with Gasteiger partial charge < -0.3 is 24.1 Å². The van der Waals surface area contributed by atoms with Gasteiger partial charge in [-0.25, -0.2) is 0 Å². The van der Waals surface area contributed by atoms with Crippen LogP contribution in [0.15, 0.2) is 24.3 Å². The SMILES string of the molecule is COC(=O)C(CO)(C(=O)OC)C(COC(=O)C(C)(C)C)c1ccc(OC)cc1. The fourth-order valence-corrected chi connectivity index (χ4v) is 2.71. The summed E-state index contributed by atoms with van der Waals surface area (Å²) in [6, 6.07) is 6.49. The van der Waals surface area contributed by atoms with Gasteiger partial charge in [0.05, 0.1) is 40.0 Å². The van der Waals surface area contributed by atoms with Crippen LogP contribution in [0.3, 0.4) is 0 Å². The Bertz CT molecular complexity index is 671. The van der Waals surface area contributed by atoms with E-state index in [1.807, 2.05) is 0 Å². The highest BCUT2D eigenvalue weighted by molar-refractivity contribution is 6.01. The maximum Gasteiger partial charge on any atom is 0.326 e. The van der Waals surface area contributed by atoms with E-state index in [1.54, 1.807) is 45.0 Å². The van der Waals surface area contributed by atoms with Gasteiger partial charge in [0, 0.05) is 5.92 Å². The number of ether oxygens (including phenoxy) is 4. The van der Waals surface area contributed by atoms with E-state index < -0.39 is 41.3 Å². The molecule has 1 aromatic rings. The Kier molecular flexibility index (Phi) is 7.99. The zero-order valence-electron chi connectivity index (χ0n) is 17.1. The van der Waals surface area contributed by atoms with Gasteiger partial charge in [-0.1, -0.05) is 12.1 Å². The van der Waals surface area contributed by atoms with Crippen LogP contribution in [0.5, 0.6) is 5.75 Å². The molecule has 0 heterocycles. The van der Waals surface area contributed by atoms with Crippen LogP contribution in [0.1, 0.15) is 32.3 Å². The number of methoxy groups -OCH3 is 3. The summed E-state index contributed by atoms with van der Waals surface area (Å²) in [6.45, 7) is 3.80. The summed E-state index contributed by atoms with van der Waals surface area (Å²) in [5.41, 5.74) is -2.42. The van der Waals surface area contributed by atoms with E-state index in [0.29, 0.717) is 11.3 Å². The van der Waals surface area contributed by atoms with Crippen molar-refractivity contribution in [3.05, 3.63) is 29.8 Å². The maximum atomic E-state index is 12.6. The third kappa shape index (κ3) is 4.81. The van der Waals surface area contributed by atoms with Crippen molar-refractivity contribution < 1.29 is 38.4 Å². The van der Waals surface area contributed by atoms with Crippen molar-refractivity contribution >= 4 is 17.9 Å². The number of rotatable bonds is 8. The van der Waals surface area contributed by atoms with Crippen LogP contribution >= 0.6 is 0 Å². The Morgan fingerprint density at radius 3 is 1.79 bits per heavy atom. The first-order chi connectivity index (χ1) is 13.1. The Hall–Kier alpha value is -2.61. The van der Waals surface area contributed by atoms with Crippen LogP contribution in [-0.2, 0) is 28.6 Å². The number of hydrogen-bond donors (Lipinski definition) is 1. The zero-order chi connectivity index (χ0) is 21.5. The van der Waals surface area contributed by atoms with Gasteiger partial charge in [0.2, 0.25) is 0 Å². The van der Waals surface area contributed by atoms with Gasteiger partial charge in [0.1, 0.15) is 5.75 Å². The molecule has 1 rings (SSSR count). The molecule has 0 fully saturated rings. The normalized spacial score (nSPS) is 12.7. The van der Waals surface area contributed by atoms with Gasteiger partial charge in [-0.2, -0.15) is 0 Å². The highest BCUT2D eigenvalue weighted by atomic mass is 16.6. The van der Waals surface area contributed by atoms with Crippen LogP contribution in [-0.4, -0.2) is 57.6 Å². The molecule has 0 saturated heterocycles. The maximum absolute atomic E-state index is 12.6. The third-order valence-electron chi connectivity index (χ3n) is 4.46. The molecule has 28 heavy (non-hydrogen) atoms. The van der Waals surface area contributed by atoms with E-state index >= 15 is 0 Å². The van der Waals surface area contributed by atoms with Crippen LogP contribution in [0, 0.1) is 10.8 Å². The first-order valence-corrected chi connectivity index (χ1v) is 8.67. The van der Waals surface area contributed by atoms with E-state index in [0.717, 1.165) is 14.2 Å². The van der Waals surface area contributed by atoms with Crippen molar-refractivity contribution in [2.75, 3.05) is 34.5 Å². The molecule has 0 spiro atoms. The molecule has 8 heteroatoms. The topological polar surface area (TPSA) is 108 Å². The minimum absolute atomic E-state index is 0.340. The fraction of sp³-hybridized carbons (Fsp3) is 0.550. The van der Waals surface area contributed by atoms with E-state index in [-0.39, 0.29) is 6.61 Å². The quantitative estimate of drug-likeness (QED) is 0.402. The zero-order valence-corrected chi connectivity index (χ0v) is 17.1. The summed E-state index contributed by atoms with van der Waals surface area (Å²) >= 11 is 0. The number of carbonyl (C=O) groups excluding carboxylic acids is 3. The van der Waals surface area contributed by atoms with E-state index in [4.69, 9.17) is 18.9 Å². The molecule has 0 saturated carbocycles. The molecule has 8 nitrogen and oxygen atoms in total. The van der Waals surface area contributed by atoms with E-state index in [9.17, 15) is 19.5 Å². The Balaban J connectivity index is 3.49. The summed E-state index contributed by atoms with van der Waals surface area (Å²) < 4.78 is 20.1. The molecule has 0 aliphatic heterocycles. The summed E-state index contributed by atoms with van der Waals surface area (Å²) in [4.78, 5) is 37.5. The summed E-state index contributed by atoms with van der Waals surface area (Å²) in [7, 11) is 3.70. The van der Waals surface area contributed by atoms with E-state index in [2.05, 4.69) is 0 Å². The predicted molar refractivity (Wildman–Crippen MR) is 99.7 cm³/mol. The number of carbonyl (C=O) groups is 3. The lowest BCUT2D eigenvalue weighted by Crippen LogP contribution is -2.50. The third-order valence-corrected chi connectivity index (χ3v) is 4.46. The molecule has 1 aromatic carbocycles. The summed E-state index contributed by atoms with van der Waals surface area (Å²) in [6.07, 6.45) is 0. The van der Waals surface area contributed by atoms with Gasteiger partial charge in [0.15, 0.2) is 5.41 Å². The molecule has 0 radical (unpaired) electrons. The minimum atomic E-state index is -2.10. The number of esters is 3. The second-order valence-electron chi connectivity index (χ2n) is 7.29. The summed E-state index contributed by atoms with van der Waals surface area (Å²) in [5, 5.41) is 10.1. The minimum Gasteiger partial charge on any atom is -0.497 e. The first kappa shape index (κ1) is 23.4. The average molecular weight is 396 g/mol. The molecule has 1 atom stereocenters. The number of aliphatic hydroxyl groups is 1. The lowest BCUT2D eigenvalue weighted by molar-refractivity contribution is -0.178. The highest BCUT2D eigenvalue weighted by Gasteiger charge is 2.55. The lowest BCUT2D eigenvalue weighted by atomic mass is 9.72. The average Bonchev–Trinajstić information content (AvgIpc) is 2.69. The summed E-state index contributed by atoms with van der Waals surface area (Å²) in [5.74, 6) is -2.99. The largest absolute Gasteiger partial charge is 0.497 e. The second-order valence-corrected chi connectivity index (χ2v) is 7.29. The smallest absolute Gasteiger partial charge is 0.326 e. The van der Waals surface area contributed by atoms with Crippen LogP contribution in [0.25, 0.3) is 0 Å². The number of aliphatic hydroxyl groups excluding tert-OH is 1. The van der Waals surface area contributed by atoms with Crippen LogP contribution in [0.4, 0.5) is 0 Å². The monoisotopic (exact) mass is 396 g/mol. The van der Waals surface area contributed by atoms with Gasteiger partial charge in [0.25, 0.3) is 0 Å². The second kappa shape index (κ2) is 9.54. The van der Waals surface area contributed by atoms with Gasteiger partial charge in [-0.3, -0.25) is 14.4 Å². The van der Waals surface area contributed by atoms with E-state index in [1.165, 1.54) is 7.11 Å². The van der Waals surface area contributed by atoms with Gasteiger partial charge in [-0.15, -0.1) is 0 Å². The highest BCUT2D eigenvalue weighted by Crippen LogP contribution is 2.40. The molecule has 1 N–H and O–H groups in total. The lowest BCUT2D eigenvalue weighted by Gasteiger charge is -2.34. The molecule has 0 amide bonds. The number of hydrogen-bond acceptors (Lipinski definition) is 8. The van der Waals surface area contributed by atoms with Gasteiger partial charge in [-0.05, 0) is 38.5 Å². The van der Waals surface area contributed by atoms with Crippen molar-refractivity contribution in [3.63, 3.8) is 0 Å². The van der Waals surface area contributed by atoms with Crippen molar-refractivity contribution in [1.29, 1.82) is 0 Å². The first-order valence-electron chi connectivity index (χ1n) is 8.67. The Labute approximate surface area is 164 Å². The van der Waals surface area contributed by atoms with Crippen molar-refractivity contribution in [2.45, 2.75) is 26.7 Å². The Morgan fingerprint density at radius 2 is 1.43 bits per heavy atom. The van der Waals surface area contributed by atoms with Crippen LogP contribution < -0.4 is 4.74 Å². The van der Waals surface area contributed by atoms with Crippen molar-refractivity contribution in [2.24, 2.45) is 10.8 Å². The molecule has 0 bridgehead atoms. The molecule has 1 unspecified atom stereocenters. The molecule has 156 valence electrons. The molecular weight excluding hydrogens is 368 g/mol. The molecule has 0 aliphatic rings. The Morgan fingerprint density at radius 1 is 0.929 bits per heavy atom. The van der Waals surface area contributed by atoms with Crippen molar-refractivity contribution in [1.82, 2.24) is 0 Å².